The van der Waals surface area contributed by atoms with E-state index in [0.717, 1.165) is 45.3 Å². The van der Waals surface area contributed by atoms with Crippen LogP contribution >= 0.6 is 0 Å². The molecule has 0 bridgehead atoms. The van der Waals surface area contributed by atoms with Crippen molar-refractivity contribution < 1.29 is 9.53 Å². The molecule has 21 heavy (non-hydrogen) atoms. The summed E-state index contributed by atoms with van der Waals surface area (Å²) in [5.74, 6) is -0.0306. The van der Waals surface area contributed by atoms with Gasteiger partial charge in [0.25, 0.3) is 5.91 Å². The van der Waals surface area contributed by atoms with Crippen molar-refractivity contribution in [3.05, 3.63) is 11.9 Å². The summed E-state index contributed by atoms with van der Waals surface area (Å²) in [6.45, 7) is 3.42. The lowest BCUT2D eigenvalue weighted by Crippen LogP contribution is -2.43. The van der Waals surface area contributed by atoms with Gasteiger partial charge in [-0.1, -0.05) is 5.21 Å². The van der Waals surface area contributed by atoms with Crippen molar-refractivity contribution in [1.82, 2.24) is 25.2 Å². The fourth-order valence-corrected chi connectivity index (χ4v) is 3.10. The highest BCUT2D eigenvalue weighted by Crippen LogP contribution is 2.19. The Bertz CT molecular complexity index is 483. The Hall–Kier alpha value is -1.47. The molecular weight excluding hydrogens is 270 g/mol. The van der Waals surface area contributed by atoms with E-state index >= 15 is 0 Å². The third-order valence-corrected chi connectivity index (χ3v) is 4.41. The third-order valence-electron chi connectivity index (χ3n) is 4.41. The van der Waals surface area contributed by atoms with Gasteiger partial charge in [0.1, 0.15) is 0 Å². The lowest BCUT2D eigenvalue weighted by atomic mass is 10.1. The molecule has 7 nitrogen and oxygen atoms in total. The van der Waals surface area contributed by atoms with Crippen LogP contribution in [-0.4, -0.2) is 65.2 Å². The molecule has 1 unspecified atom stereocenters. The van der Waals surface area contributed by atoms with Crippen LogP contribution in [0.25, 0.3) is 0 Å². The number of ether oxygens (including phenoxy) is 1. The predicted molar refractivity (Wildman–Crippen MR) is 77.1 cm³/mol. The molecule has 2 fully saturated rings. The number of amides is 1. The first-order chi connectivity index (χ1) is 10.3. The van der Waals surface area contributed by atoms with Crippen LogP contribution in [0.5, 0.6) is 0 Å². The molecule has 0 saturated carbocycles. The van der Waals surface area contributed by atoms with Gasteiger partial charge < -0.3 is 15.0 Å². The Morgan fingerprint density at radius 2 is 2.19 bits per heavy atom. The zero-order chi connectivity index (χ0) is 14.7. The zero-order valence-corrected chi connectivity index (χ0v) is 12.5. The standard InChI is InChI=1S/C14H23N5O2/c1-21-12-3-2-8-18(9-12)14(20)13-10-19(17-16-13)11-4-6-15-7-5-11/h10-12,15H,2-9H2,1H3. The molecule has 1 aromatic rings. The first-order valence-corrected chi connectivity index (χ1v) is 7.72. The number of rotatable bonds is 3. The Morgan fingerprint density at radius 3 is 2.95 bits per heavy atom. The van der Waals surface area contributed by atoms with Crippen LogP contribution in [0.1, 0.15) is 42.2 Å². The van der Waals surface area contributed by atoms with Crippen LogP contribution in [0.4, 0.5) is 0 Å². The number of likely N-dealkylation sites (tertiary alicyclic amines) is 1. The number of hydrogen-bond donors (Lipinski definition) is 1. The summed E-state index contributed by atoms with van der Waals surface area (Å²) < 4.78 is 7.22. The summed E-state index contributed by atoms with van der Waals surface area (Å²) in [5.41, 5.74) is 0.449. The Kier molecular flexibility index (Phi) is 4.50. The van der Waals surface area contributed by atoms with Crippen molar-refractivity contribution >= 4 is 5.91 Å². The van der Waals surface area contributed by atoms with Crippen molar-refractivity contribution in [2.75, 3.05) is 33.3 Å². The van der Waals surface area contributed by atoms with Crippen molar-refractivity contribution in [3.63, 3.8) is 0 Å². The molecule has 0 aliphatic carbocycles. The van der Waals surface area contributed by atoms with E-state index in [2.05, 4.69) is 15.6 Å². The van der Waals surface area contributed by atoms with Gasteiger partial charge in [-0.05, 0) is 38.8 Å². The molecule has 116 valence electrons. The van der Waals surface area contributed by atoms with Crippen molar-refractivity contribution in [2.24, 2.45) is 0 Å². The van der Waals surface area contributed by atoms with Gasteiger partial charge in [0.05, 0.1) is 18.3 Å². The number of nitrogens with one attached hydrogen (secondary N) is 1. The molecule has 0 radical (unpaired) electrons. The molecule has 3 rings (SSSR count). The first kappa shape index (κ1) is 14.5. The molecule has 0 aromatic carbocycles. The zero-order valence-electron chi connectivity index (χ0n) is 12.5. The highest BCUT2D eigenvalue weighted by atomic mass is 16.5. The largest absolute Gasteiger partial charge is 0.380 e. The second kappa shape index (κ2) is 6.53. The van der Waals surface area contributed by atoms with Crippen LogP contribution in [0.2, 0.25) is 0 Å². The molecule has 1 aromatic heterocycles. The number of carbonyl (C=O) groups excluding carboxylic acids is 1. The molecular formula is C14H23N5O2. The lowest BCUT2D eigenvalue weighted by Gasteiger charge is -2.31. The summed E-state index contributed by atoms with van der Waals surface area (Å²) in [5, 5.41) is 11.6. The highest BCUT2D eigenvalue weighted by molar-refractivity contribution is 5.92. The summed E-state index contributed by atoms with van der Waals surface area (Å²) in [7, 11) is 1.70. The number of carbonyl (C=O) groups is 1. The van der Waals surface area contributed by atoms with E-state index < -0.39 is 0 Å². The van der Waals surface area contributed by atoms with Crippen LogP contribution in [0.3, 0.4) is 0 Å². The van der Waals surface area contributed by atoms with Gasteiger partial charge >= 0.3 is 0 Å². The van der Waals surface area contributed by atoms with E-state index in [-0.39, 0.29) is 12.0 Å². The second-order valence-corrected chi connectivity index (χ2v) is 5.82. The van der Waals surface area contributed by atoms with E-state index in [9.17, 15) is 4.79 Å². The third kappa shape index (κ3) is 3.24. The van der Waals surface area contributed by atoms with E-state index in [1.54, 1.807) is 13.3 Å². The summed E-state index contributed by atoms with van der Waals surface area (Å²) in [6.07, 6.45) is 6.00. The molecule has 0 spiro atoms. The second-order valence-electron chi connectivity index (χ2n) is 5.82. The van der Waals surface area contributed by atoms with Crippen molar-refractivity contribution in [3.8, 4) is 0 Å². The molecule has 2 saturated heterocycles. The van der Waals surface area contributed by atoms with Gasteiger partial charge in [0.2, 0.25) is 0 Å². The number of methoxy groups -OCH3 is 1. The van der Waals surface area contributed by atoms with E-state index in [4.69, 9.17) is 4.74 Å². The fraction of sp³-hybridized carbons (Fsp3) is 0.786. The van der Waals surface area contributed by atoms with E-state index in [1.807, 2.05) is 9.58 Å². The maximum absolute atomic E-state index is 12.5. The maximum Gasteiger partial charge on any atom is 0.276 e. The van der Waals surface area contributed by atoms with Gasteiger partial charge in [-0.25, -0.2) is 4.68 Å². The van der Waals surface area contributed by atoms with E-state index in [1.165, 1.54) is 0 Å². The minimum atomic E-state index is -0.0306. The fourth-order valence-electron chi connectivity index (χ4n) is 3.10. The average Bonchev–Trinajstić information content (AvgIpc) is 3.05. The first-order valence-electron chi connectivity index (χ1n) is 7.72. The van der Waals surface area contributed by atoms with Crippen LogP contribution < -0.4 is 5.32 Å². The molecule has 7 heteroatoms. The molecule has 3 heterocycles. The molecule has 1 atom stereocenters. The van der Waals surface area contributed by atoms with Gasteiger partial charge in [0, 0.05) is 20.2 Å². The summed E-state index contributed by atoms with van der Waals surface area (Å²) >= 11 is 0. The normalized spacial score (nSPS) is 24.2. The molecule has 1 amide bonds. The van der Waals surface area contributed by atoms with Crippen molar-refractivity contribution in [2.45, 2.75) is 37.8 Å². The SMILES string of the molecule is COC1CCCN(C(=O)c2cn(C3CCNCC3)nn2)C1. The number of aromatic nitrogens is 3. The minimum absolute atomic E-state index is 0.0306. The Labute approximate surface area is 124 Å². The van der Waals surface area contributed by atoms with Crippen LogP contribution in [-0.2, 0) is 4.74 Å². The van der Waals surface area contributed by atoms with Gasteiger partial charge in [-0.2, -0.15) is 0 Å². The van der Waals surface area contributed by atoms with E-state index in [0.29, 0.717) is 18.3 Å². The highest BCUT2D eigenvalue weighted by Gasteiger charge is 2.27. The predicted octanol–water partition coefficient (Wildman–Crippen LogP) is 0.454. The monoisotopic (exact) mass is 293 g/mol. The topological polar surface area (TPSA) is 72.3 Å². The smallest absolute Gasteiger partial charge is 0.276 e. The lowest BCUT2D eigenvalue weighted by molar-refractivity contribution is 0.0265. The Morgan fingerprint density at radius 1 is 1.38 bits per heavy atom. The maximum atomic E-state index is 12.5. The van der Waals surface area contributed by atoms with Crippen LogP contribution in [0.15, 0.2) is 6.20 Å². The van der Waals surface area contributed by atoms with Gasteiger partial charge in [-0.15, -0.1) is 5.10 Å². The molecule has 2 aliphatic heterocycles. The van der Waals surface area contributed by atoms with Gasteiger partial charge in [0.15, 0.2) is 5.69 Å². The summed E-state index contributed by atoms with van der Waals surface area (Å²) in [6, 6.07) is 0.355. The Balaban J connectivity index is 1.66. The number of piperidine rings is 2. The number of nitrogens with zero attached hydrogens (tertiary/aromatic N) is 4. The number of hydrogen-bond acceptors (Lipinski definition) is 5. The minimum Gasteiger partial charge on any atom is -0.380 e. The van der Waals surface area contributed by atoms with Crippen LogP contribution in [0, 0.1) is 0 Å². The van der Waals surface area contributed by atoms with Gasteiger partial charge in [-0.3, -0.25) is 4.79 Å². The molecule has 2 aliphatic rings. The molecule has 1 N–H and O–H groups in total. The summed E-state index contributed by atoms with van der Waals surface area (Å²) in [4.78, 5) is 14.3. The van der Waals surface area contributed by atoms with Crippen molar-refractivity contribution in [1.29, 1.82) is 0 Å². The average molecular weight is 293 g/mol. The quantitative estimate of drug-likeness (QED) is 0.876.